The molecule has 2 rings (SSSR count). The van der Waals surface area contributed by atoms with Gasteiger partial charge in [0.15, 0.2) is 0 Å². The van der Waals surface area contributed by atoms with Gasteiger partial charge in [-0.1, -0.05) is 30.3 Å². The van der Waals surface area contributed by atoms with Crippen LogP contribution >= 0.6 is 0 Å². The van der Waals surface area contributed by atoms with Gasteiger partial charge in [-0.05, 0) is 18.9 Å². The van der Waals surface area contributed by atoms with Crippen LogP contribution < -0.4 is 5.32 Å². The first-order chi connectivity index (χ1) is 9.31. The number of benzene rings is 1. The number of nitrogens with zero attached hydrogens (tertiary/aromatic N) is 1. The lowest BCUT2D eigenvalue weighted by Gasteiger charge is -2.34. The van der Waals surface area contributed by atoms with Crippen LogP contribution in [0.2, 0.25) is 0 Å². The van der Waals surface area contributed by atoms with Crippen molar-refractivity contribution in [2.45, 2.75) is 19.4 Å². The van der Waals surface area contributed by atoms with Gasteiger partial charge < -0.3 is 10.1 Å². The highest BCUT2D eigenvalue weighted by Gasteiger charge is 2.29. The van der Waals surface area contributed by atoms with Crippen molar-refractivity contribution in [3.63, 3.8) is 0 Å². The fraction of sp³-hybridized carbons (Fsp3) is 0.533. The maximum atomic E-state index is 11.9. The van der Waals surface area contributed by atoms with Crippen molar-refractivity contribution in [3.8, 4) is 0 Å². The second-order valence-corrected chi connectivity index (χ2v) is 4.74. The lowest BCUT2D eigenvalue weighted by molar-refractivity contribution is -0.150. The third kappa shape index (κ3) is 4.04. The molecule has 1 aliphatic heterocycles. The van der Waals surface area contributed by atoms with Gasteiger partial charge in [0.1, 0.15) is 6.04 Å². The van der Waals surface area contributed by atoms with Crippen molar-refractivity contribution in [1.82, 2.24) is 10.2 Å². The van der Waals surface area contributed by atoms with Crippen LogP contribution in [0.5, 0.6) is 0 Å². The fourth-order valence-corrected chi connectivity index (χ4v) is 2.40. The summed E-state index contributed by atoms with van der Waals surface area (Å²) < 4.78 is 5.14. The number of esters is 1. The zero-order valence-electron chi connectivity index (χ0n) is 11.5. The smallest absolute Gasteiger partial charge is 0.324 e. The van der Waals surface area contributed by atoms with Gasteiger partial charge in [0.05, 0.1) is 6.61 Å². The molecule has 1 fully saturated rings. The Morgan fingerprint density at radius 1 is 1.42 bits per heavy atom. The van der Waals surface area contributed by atoms with Crippen molar-refractivity contribution >= 4 is 5.97 Å². The number of carbonyl (C=O) groups excluding carboxylic acids is 1. The Morgan fingerprint density at radius 2 is 2.21 bits per heavy atom. The van der Waals surface area contributed by atoms with E-state index in [-0.39, 0.29) is 12.0 Å². The lowest BCUT2D eigenvalue weighted by atomic mass is 10.1. The summed E-state index contributed by atoms with van der Waals surface area (Å²) in [6.45, 7) is 5.72. The Morgan fingerprint density at radius 3 is 2.95 bits per heavy atom. The SMILES string of the molecule is CCOC(=O)C1CNCCN1CCc1ccccc1. The molecule has 0 amide bonds. The van der Waals surface area contributed by atoms with Crippen LogP contribution in [0.25, 0.3) is 0 Å². The maximum Gasteiger partial charge on any atom is 0.324 e. The molecule has 0 spiro atoms. The zero-order chi connectivity index (χ0) is 13.5. The van der Waals surface area contributed by atoms with E-state index in [9.17, 15) is 4.79 Å². The largest absolute Gasteiger partial charge is 0.465 e. The minimum absolute atomic E-state index is 0.109. The standard InChI is InChI=1S/C15H22N2O2/c1-2-19-15(18)14-12-16-9-11-17(14)10-8-13-6-4-3-5-7-13/h3-7,14,16H,2,8-12H2,1H3. The topological polar surface area (TPSA) is 41.6 Å². The molecule has 1 aliphatic rings. The number of carbonyl (C=O) groups is 1. The number of rotatable bonds is 5. The Balaban J connectivity index is 1.90. The molecule has 1 heterocycles. The first kappa shape index (κ1) is 14.0. The number of hydrogen-bond acceptors (Lipinski definition) is 4. The normalized spacial score (nSPS) is 20.2. The van der Waals surface area contributed by atoms with Crippen LogP contribution in [0.3, 0.4) is 0 Å². The first-order valence-electron chi connectivity index (χ1n) is 6.96. The Labute approximate surface area is 114 Å². The molecular weight excluding hydrogens is 240 g/mol. The molecule has 4 heteroatoms. The summed E-state index contributed by atoms with van der Waals surface area (Å²) in [7, 11) is 0. The van der Waals surface area contributed by atoms with Crippen LogP contribution in [0.1, 0.15) is 12.5 Å². The molecule has 0 radical (unpaired) electrons. The maximum absolute atomic E-state index is 11.9. The highest BCUT2D eigenvalue weighted by atomic mass is 16.5. The third-order valence-corrected chi connectivity index (χ3v) is 3.44. The van der Waals surface area contributed by atoms with Gasteiger partial charge in [-0.15, -0.1) is 0 Å². The van der Waals surface area contributed by atoms with Gasteiger partial charge in [-0.3, -0.25) is 9.69 Å². The first-order valence-corrected chi connectivity index (χ1v) is 6.96. The highest BCUT2D eigenvalue weighted by molar-refractivity contribution is 5.76. The van der Waals surface area contributed by atoms with Crippen LogP contribution in [-0.2, 0) is 16.0 Å². The second kappa shape index (κ2) is 7.26. The molecule has 1 unspecified atom stereocenters. The molecule has 104 valence electrons. The molecule has 0 aromatic heterocycles. The van der Waals surface area contributed by atoms with E-state index in [0.29, 0.717) is 13.2 Å². The summed E-state index contributed by atoms with van der Waals surface area (Å²) >= 11 is 0. The molecule has 0 aliphatic carbocycles. The van der Waals surface area contributed by atoms with E-state index in [1.54, 1.807) is 0 Å². The molecular formula is C15H22N2O2. The van der Waals surface area contributed by atoms with E-state index in [0.717, 1.165) is 26.1 Å². The van der Waals surface area contributed by atoms with Crippen molar-refractivity contribution < 1.29 is 9.53 Å². The predicted octanol–water partition coefficient (Wildman–Crippen LogP) is 1.07. The van der Waals surface area contributed by atoms with Crippen LogP contribution in [0, 0.1) is 0 Å². The van der Waals surface area contributed by atoms with Gasteiger partial charge in [0.25, 0.3) is 0 Å². The van der Waals surface area contributed by atoms with Gasteiger partial charge in [-0.25, -0.2) is 0 Å². The molecule has 1 N–H and O–H groups in total. The van der Waals surface area contributed by atoms with E-state index in [4.69, 9.17) is 4.74 Å². The van der Waals surface area contributed by atoms with E-state index >= 15 is 0 Å². The molecule has 1 aromatic carbocycles. The Kier molecular flexibility index (Phi) is 5.36. The highest BCUT2D eigenvalue weighted by Crippen LogP contribution is 2.08. The van der Waals surface area contributed by atoms with Crippen LogP contribution in [-0.4, -0.2) is 49.7 Å². The quantitative estimate of drug-likeness (QED) is 0.806. The van der Waals surface area contributed by atoms with Crippen molar-refractivity contribution in [2.24, 2.45) is 0 Å². The second-order valence-electron chi connectivity index (χ2n) is 4.74. The summed E-state index contributed by atoms with van der Waals surface area (Å²) in [6, 6.07) is 10.2. The van der Waals surface area contributed by atoms with Crippen molar-refractivity contribution in [1.29, 1.82) is 0 Å². The van der Waals surface area contributed by atoms with E-state index in [1.165, 1.54) is 5.56 Å². The average Bonchev–Trinajstić information content (AvgIpc) is 2.47. The number of piperazine rings is 1. The molecule has 1 atom stereocenters. The summed E-state index contributed by atoms with van der Waals surface area (Å²) in [5, 5.41) is 3.26. The zero-order valence-corrected chi connectivity index (χ0v) is 11.5. The summed E-state index contributed by atoms with van der Waals surface area (Å²) in [6.07, 6.45) is 0.969. The summed E-state index contributed by atoms with van der Waals surface area (Å²) in [5.74, 6) is -0.109. The fourth-order valence-electron chi connectivity index (χ4n) is 2.40. The Bertz CT molecular complexity index is 394. The van der Waals surface area contributed by atoms with Crippen molar-refractivity contribution in [3.05, 3.63) is 35.9 Å². The van der Waals surface area contributed by atoms with Crippen LogP contribution in [0.15, 0.2) is 30.3 Å². The van der Waals surface area contributed by atoms with E-state index < -0.39 is 0 Å². The minimum atomic E-state index is -0.141. The number of nitrogens with one attached hydrogen (secondary N) is 1. The van der Waals surface area contributed by atoms with Gasteiger partial charge in [0, 0.05) is 26.2 Å². The van der Waals surface area contributed by atoms with Crippen LogP contribution in [0.4, 0.5) is 0 Å². The lowest BCUT2D eigenvalue weighted by Crippen LogP contribution is -2.55. The van der Waals surface area contributed by atoms with Gasteiger partial charge in [0.2, 0.25) is 0 Å². The summed E-state index contributed by atoms with van der Waals surface area (Å²) in [5.41, 5.74) is 1.31. The molecule has 4 nitrogen and oxygen atoms in total. The number of ether oxygens (including phenoxy) is 1. The number of hydrogen-bond donors (Lipinski definition) is 1. The summed E-state index contributed by atoms with van der Waals surface area (Å²) in [4.78, 5) is 14.1. The van der Waals surface area contributed by atoms with Crippen molar-refractivity contribution in [2.75, 3.05) is 32.8 Å². The molecule has 1 aromatic rings. The average molecular weight is 262 g/mol. The molecule has 19 heavy (non-hydrogen) atoms. The van der Waals surface area contributed by atoms with Gasteiger partial charge in [-0.2, -0.15) is 0 Å². The van der Waals surface area contributed by atoms with Gasteiger partial charge >= 0.3 is 5.97 Å². The molecule has 0 bridgehead atoms. The Hall–Kier alpha value is -1.39. The predicted molar refractivity (Wildman–Crippen MR) is 75.0 cm³/mol. The van der Waals surface area contributed by atoms with E-state index in [2.05, 4.69) is 34.5 Å². The molecule has 1 saturated heterocycles. The molecule has 0 saturated carbocycles. The minimum Gasteiger partial charge on any atom is -0.465 e. The van der Waals surface area contributed by atoms with E-state index in [1.807, 2.05) is 13.0 Å². The third-order valence-electron chi connectivity index (χ3n) is 3.44. The monoisotopic (exact) mass is 262 g/mol.